The predicted octanol–water partition coefficient (Wildman–Crippen LogP) is 2.67. The minimum atomic E-state index is -3.48. The minimum absolute atomic E-state index is 0.339. The molecule has 1 aromatic heterocycles. The smallest absolute Gasteiger partial charge is 0.245 e. The van der Waals surface area contributed by atoms with Crippen LogP contribution in [0.1, 0.15) is 25.6 Å². The van der Waals surface area contributed by atoms with Gasteiger partial charge in [-0.2, -0.15) is 4.31 Å². The van der Waals surface area contributed by atoms with Crippen LogP contribution >= 0.6 is 27.3 Å². The Hall–Kier alpha value is 0.01000. The molecule has 1 N–H and O–H groups in total. The van der Waals surface area contributed by atoms with Crippen LogP contribution in [0.4, 0.5) is 0 Å². The topological polar surface area (TPSA) is 58.6 Å². The standard InChI is InChI=1S/C13H23BrN2O3S2/c1-5-16(6-7-19-4)21(17,18)12-8-11(20-13(12)14)9-15-10(2)3/h8,10,15H,5-7,9H2,1-4H3. The van der Waals surface area contributed by atoms with E-state index in [9.17, 15) is 8.42 Å². The zero-order valence-corrected chi connectivity index (χ0v) is 16.1. The number of nitrogens with one attached hydrogen (secondary N) is 1. The molecule has 122 valence electrons. The summed E-state index contributed by atoms with van der Waals surface area (Å²) < 4.78 is 32.4. The van der Waals surface area contributed by atoms with Gasteiger partial charge in [0.2, 0.25) is 10.0 Å². The molecular formula is C13H23BrN2O3S2. The molecular weight excluding hydrogens is 376 g/mol. The number of sulfonamides is 1. The third-order valence-electron chi connectivity index (χ3n) is 2.91. The van der Waals surface area contributed by atoms with Crippen LogP contribution in [-0.4, -0.2) is 45.6 Å². The number of methoxy groups -OCH3 is 1. The summed E-state index contributed by atoms with van der Waals surface area (Å²) in [6.07, 6.45) is 0. The highest BCUT2D eigenvalue weighted by atomic mass is 79.9. The van der Waals surface area contributed by atoms with Crippen molar-refractivity contribution < 1.29 is 13.2 Å². The van der Waals surface area contributed by atoms with Crippen LogP contribution in [0.25, 0.3) is 0 Å². The van der Waals surface area contributed by atoms with Crippen molar-refractivity contribution in [3.63, 3.8) is 0 Å². The lowest BCUT2D eigenvalue weighted by atomic mass is 10.4. The average molecular weight is 399 g/mol. The number of ether oxygens (including phenoxy) is 1. The van der Waals surface area contributed by atoms with E-state index >= 15 is 0 Å². The van der Waals surface area contributed by atoms with Crippen LogP contribution in [0.5, 0.6) is 0 Å². The van der Waals surface area contributed by atoms with Gasteiger partial charge in [-0.05, 0) is 22.0 Å². The van der Waals surface area contributed by atoms with Crippen LogP contribution in [0.15, 0.2) is 14.7 Å². The van der Waals surface area contributed by atoms with Gasteiger partial charge in [0.1, 0.15) is 4.90 Å². The van der Waals surface area contributed by atoms with E-state index in [1.807, 2.05) is 6.92 Å². The molecule has 0 saturated carbocycles. The fourth-order valence-corrected chi connectivity index (χ4v) is 5.76. The number of nitrogens with zero attached hydrogens (tertiary/aromatic N) is 1. The molecule has 5 nitrogen and oxygen atoms in total. The van der Waals surface area contributed by atoms with Crippen molar-refractivity contribution in [2.45, 2.75) is 38.3 Å². The number of hydrogen-bond donors (Lipinski definition) is 1. The van der Waals surface area contributed by atoms with Crippen LogP contribution in [-0.2, 0) is 21.3 Å². The Balaban J connectivity index is 2.96. The Morgan fingerprint density at radius 2 is 2.14 bits per heavy atom. The first-order chi connectivity index (χ1) is 9.82. The third-order valence-corrected chi connectivity index (χ3v) is 7.13. The maximum Gasteiger partial charge on any atom is 0.245 e. The van der Waals surface area contributed by atoms with E-state index < -0.39 is 10.0 Å². The lowest BCUT2D eigenvalue weighted by Gasteiger charge is -2.19. The summed E-state index contributed by atoms with van der Waals surface area (Å²) in [6.45, 7) is 7.78. The number of likely N-dealkylation sites (N-methyl/N-ethyl adjacent to an activating group) is 1. The summed E-state index contributed by atoms with van der Waals surface area (Å²) in [4.78, 5) is 1.34. The van der Waals surface area contributed by atoms with Gasteiger partial charge < -0.3 is 10.1 Å². The molecule has 0 radical (unpaired) electrons. The highest BCUT2D eigenvalue weighted by molar-refractivity contribution is 9.11. The summed E-state index contributed by atoms with van der Waals surface area (Å²) in [6, 6.07) is 2.11. The molecule has 0 aliphatic rings. The Bertz CT molecular complexity index is 544. The molecule has 1 aromatic rings. The molecule has 0 fully saturated rings. The van der Waals surface area contributed by atoms with Gasteiger partial charge in [-0.15, -0.1) is 11.3 Å². The van der Waals surface area contributed by atoms with Crippen LogP contribution < -0.4 is 5.32 Å². The van der Waals surface area contributed by atoms with Gasteiger partial charge in [0.15, 0.2) is 0 Å². The minimum Gasteiger partial charge on any atom is -0.383 e. The maximum absolute atomic E-state index is 12.7. The van der Waals surface area contributed by atoms with Crippen LogP contribution in [0.3, 0.4) is 0 Å². The molecule has 1 rings (SSSR count). The van der Waals surface area contributed by atoms with E-state index in [0.29, 0.717) is 41.0 Å². The first kappa shape index (κ1) is 19.1. The second-order valence-corrected chi connectivity index (χ2v) is 9.24. The van der Waals surface area contributed by atoms with Crippen molar-refractivity contribution in [3.05, 3.63) is 14.7 Å². The number of halogens is 1. The maximum atomic E-state index is 12.7. The predicted molar refractivity (Wildman–Crippen MR) is 90.3 cm³/mol. The monoisotopic (exact) mass is 398 g/mol. The molecule has 0 unspecified atom stereocenters. The van der Waals surface area contributed by atoms with Crippen molar-refractivity contribution >= 4 is 37.3 Å². The zero-order valence-electron chi connectivity index (χ0n) is 12.8. The quantitative estimate of drug-likeness (QED) is 0.694. The molecule has 0 aromatic carbocycles. The molecule has 0 amide bonds. The Morgan fingerprint density at radius 3 is 2.67 bits per heavy atom. The summed E-state index contributed by atoms with van der Waals surface area (Å²) in [5.41, 5.74) is 0. The largest absolute Gasteiger partial charge is 0.383 e. The van der Waals surface area contributed by atoms with Gasteiger partial charge >= 0.3 is 0 Å². The molecule has 8 heteroatoms. The van der Waals surface area contributed by atoms with E-state index in [1.54, 1.807) is 13.2 Å². The van der Waals surface area contributed by atoms with Crippen LogP contribution in [0.2, 0.25) is 0 Å². The highest BCUT2D eigenvalue weighted by Crippen LogP contribution is 2.33. The summed E-state index contributed by atoms with van der Waals surface area (Å²) >= 11 is 4.83. The molecule has 0 saturated heterocycles. The number of hydrogen-bond acceptors (Lipinski definition) is 5. The highest BCUT2D eigenvalue weighted by Gasteiger charge is 2.27. The molecule has 0 aliphatic carbocycles. The van der Waals surface area contributed by atoms with Gasteiger partial charge in [-0.3, -0.25) is 0 Å². The van der Waals surface area contributed by atoms with Gasteiger partial charge in [-0.1, -0.05) is 20.8 Å². The molecule has 0 bridgehead atoms. The first-order valence-corrected chi connectivity index (χ1v) is 9.88. The lowest BCUT2D eigenvalue weighted by molar-refractivity contribution is 0.180. The lowest BCUT2D eigenvalue weighted by Crippen LogP contribution is -2.33. The van der Waals surface area contributed by atoms with E-state index in [-0.39, 0.29) is 0 Å². The van der Waals surface area contributed by atoms with E-state index in [2.05, 4.69) is 35.1 Å². The van der Waals surface area contributed by atoms with E-state index in [4.69, 9.17) is 4.74 Å². The van der Waals surface area contributed by atoms with E-state index in [1.165, 1.54) is 15.6 Å². The molecule has 0 aliphatic heterocycles. The SMILES string of the molecule is CCN(CCOC)S(=O)(=O)c1cc(CNC(C)C)sc1Br. The van der Waals surface area contributed by atoms with Crippen LogP contribution in [0, 0.1) is 0 Å². The Labute approximate surface area is 139 Å². The van der Waals surface area contributed by atoms with E-state index in [0.717, 1.165) is 4.88 Å². The van der Waals surface area contributed by atoms with Gasteiger partial charge in [0.25, 0.3) is 0 Å². The fourth-order valence-electron chi connectivity index (χ4n) is 1.75. The molecule has 21 heavy (non-hydrogen) atoms. The van der Waals surface area contributed by atoms with Crippen molar-refractivity contribution in [3.8, 4) is 0 Å². The normalized spacial score (nSPS) is 12.5. The Morgan fingerprint density at radius 1 is 1.48 bits per heavy atom. The fraction of sp³-hybridized carbons (Fsp3) is 0.692. The summed E-state index contributed by atoms with van der Waals surface area (Å²) in [7, 11) is -1.92. The average Bonchev–Trinajstić information content (AvgIpc) is 2.79. The van der Waals surface area contributed by atoms with Crippen molar-refractivity contribution in [1.82, 2.24) is 9.62 Å². The molecule has 1 heterocycles. The number of rotatable bonds is 9. The van der Waals surface area contributed by atoms with Crippen molar-refractivity contribution in [1.29, 1.82) is 0 Å². The van der Waals surface area contributed by atoms with Crippen molar-refractivity contribution in [2.75, 3.05) is 26.8 Å². The van der Waals surface area contributed by atoms with Gasteiger partial charge in [0.05, 0.1) is 10.4 Å². The number of thiophene rings is 1. The second-order valence-electron chi connectivity index (χ2n) is 4.88. The van der Waals surface area contributed by atoms with Crippen molar-refractivity contribution in [2.24, 2.45) is 0 Å². The second kappa shape index (κ2) is 8.59. The molecule has 0 spiro atoms. The zero-order chi connectivity index (χ0) is 16.0. The third kappa shape index (κ3) is 5.30. The van der Waals surface area contributed by atoms with Gasteiger partial charge in [0, 0.05) is 37.7 Å². The summed E-state index contributed by atoms with van der Waals surface area (Å²) in [5, 5.41) is 3.29. The molecule has 0 atom stereocenters. The Kier molecular flexibility index (Phi) is 7.80. The first-order valence-electron chi connectivity index (χ1n) is 6.83. The van der Waals surface area contributed by atoms with Gasteiger partial charge in [-0.25, -0.2) is 8.42 Å². The summed E-state index contributed by atoms with van der Waals surface area (Å²) in [5.74, 6) is 0.